The van der Waals surface area contributed by atoms with Crippen molar-refractivity contribution in [2.75, 3.05) is 25.0 Å². The number of anilines is 1. The predicted octanol–water partition coefficient (Wildman–Crippen LogP) is 2.20. The van der Waals surface area contributed by atoms with Crippen LogP contribution in [-0.2, 0) is 19.6 Å². The van der Waals surface area contributed by atoms with Crippen LogP contribution in [0, 0.1) is 12.8 Å². The molecule has 1 aromatic heterocycles. The molecular weight excluding hydrogens is 428 g/mol. The molecule has 30 heavy (non-hydrogen) atoms. The first-order valence-corrected chi connectivity index (χ1v) is 11.3. The number of rotatable bonds is 6. The van der Waals surface area contributed by atoms with Crippen molar-refractivity contribution >= 4 is 39.1 Å². The Balaban J connectivity index is 1.48. The molecule has 0 saturated carbocycles. The van der Waals surface area contributed by atoms with Gasteiger partial charge in [-0.25, -0.2) is 8.42 Å². The van der Waals surface area contributed by atoms with Crippen LogP contribution >= 0.6 is 11.6 Å². The van der Waals surface area contributed by atoms with Gasteiger partial charge in [-0.2, -0.15) is 4.31 Å². The first-order chi connectivity index (χ1) is 14.3. The highest BCUT2D eigenvalue weighted by Gasteiger charge is 2.32. The molecule has 1 aliphatic rings. The van der Waals surface area contributed by atoms with E-state index in [0.29, 0.717) is 23.6 Å². The van der Waals surface area contributed by atoms with Crippen molar-refractivity contribution in [1.29, 1.82) is 0 Å². The van der Waals surface area contributed by atoms with E-state index in [1.54, 1.807) is 31.2 Å². The Hall–Kier alpha value is -2.49. The maximum Gasteiger partial charge on any atom is 0.244 e. The van der Waals surface area contributed by atoms with Gasteiger partial charge in [0.05, 0.1) is 6.54 Å². The van der Waals surface area contributed by atoms with Crippen LogP contribution in [-0.4, -0.2) is 49.2 Å². The second kappa shape index (κ2) is 9.55. The molecule has 2 N–H and O–H groups in total. The molecule has 2 aromatic rings. The number of pyridine rings is 1. The summed E-state index contributed by atoms with van der Waals surface area (Å²) in [6.07, 6.45) is 3.61. The lowest BCUT2D eigenvalue weighted by molar-refractivity contribution is -0.128. The molecule has 2 heterocycles. The molecule has 1 fully saturated rings. The summed E-state index contributed by atoms with van der Waals surface area (Å²) < 4.78 is 26.6. The van der Waals surface area contributed by atoms with Gasteiger partial charge in [0.25, 0.3) is 0 Å². The Morgan fingerprint density at radius 2 is 1.93 bits per heavy atom. The average Bonchev–Trinajstić information content (AvgIpc) is 2.76. The lowest BCUT2D eigenvalue weighted by Gasteiger charge is -2.30. The molecule has 1 aliphatic heterocycles. The zero-order valence-electron chi connectivity index (χ0n) is 16.5. The van der Waals surface area contributed by atoms with E-state index in [1.165, 1.54) is 22.8 Å². The van der Waals surface area contributed by atoms with Crippen molar-refractivity contribution in [3.63, 3.8) is 0 Å². The highest BCUT2D eigenvalue weighted by molar-refractivity contribution is 7.89. The fourth-order valence-corrected chi connectivity index (χ4v) is 4.86. The number of aromatic nitrogens is 1. The normalized spacial score (nSPS) is 15.5. The number of nitrogens with zero attached hydrogens (tertiary/aromatic N) is 2. The third kappa shape index (κ3) is 5.16. The van der Waals surface area contributed by atoms with Gasteiger partial charge in [0, 0.05) is 42.1 Å². The van der Waals surface area contributed by atoms with E-state index in [1.807, 2.05) is 0 Å². The van der Waals surface area contributed by atoms with E-state index in [-0.39, 0.29) is 42.3 Å². The Morgan fingerprint density at radius 3 is 2.60 bits per heavy atom. The first-order valence-electron chi connectivity index (χ1n) is 9.52. The SMILES string of the molecule is Cc1c(Cl)cccc1NC(=O)CNC(=O)C1CCN(S(=O)(=O)c2cccnc2)CC1. The second-order valence-corrected chi connectivity index (χ2v) is 9.39. The van der Waals surface area contributed by atoms with Gasteiger partial charge >= 0.3 is 0 Å². The fraction of sp³-hybridized carbons (Fsp3) is 0.350. The topological polar surface area (TPSA) is 108 Å². The molecule has 2 amide bonds. The summed E-state index contributed by atoms with van der Waals surface area (Å²) >= 11 is 6.04. The summed E-state index contributed by atoms with van der Waals surface area (Å²) in [4.78, 5) is 28.5. The number of carbonyl (C=O) groups is 2. The fourth-order valence-electron chi connectivity index (χ4n) is 3.26. The van der Waals surface area contributed by atoms with Gasteiger partial charge in [0.1, 0.15) is 4.90 Å². The van der Waals surface area contributed by atoms with E-state index in [4.69, 9.17) is 11.6 Å². The number of nitrogens with one attached hydrogen (secondary N) is 2. The minimum Gasteiger partial charge on any atom is -0.347 e. The van der Waals surface area contributed by atoms with Crippen molar-refractivity contribution < 1.29 is 18.0 Å². The van der Waals surface area contributed by atoms with Crippen molar-refractivity contribution in [3.05, 3.63) is 53.3 Å². The lowest BCUT2D eigenvalue weighted by Crippen LogP contribution is -2.44. The van der Waals surface area contributed by atoms with Crippen molar-refractivity contribution in [3.8, 4) is 0 Å². The molecule has 0 spiro atoms. The molecule has 0 radical (unpaired) electrons. The Kier molecular flexibility index (Phi) is 7.06. The van der Waals surface area contributed by atoms with Crippen LogP contribution in [0.5, 0.6) is 0 Å². The summed E-state index contributed by atoms with van der Waals surface area (Å²) in [6, 6.07) is 8.27. The van der Waals surface area contributed by atoms with Gasteiger partial charge in [-0.05, 0) is 49.6 Å². The monoisotopic (exact) mass is 450 g/mol. The minimum absolute atomic E-state index is 0.140. The summed E-state index contributed by atoms with van der Waals surface area (Å²) in [5, 5.41) is 5.90. The summed E-state index contributed by atoms with van der Waals surface area (Å²) in [5.41, 5.74) is 1.34. The number of hydrogen-bond donors (Lipinski definition) is 2. The van der Waals surface area contributed by atoms with E-state index in [9.17, 15) is 18.0 Å². The zero-order valence-corrected chi connectivity index (χ0v) is 18.0. The number of hydrogen-bond acceptors (Lipinski definition) is 5. The second-order valence-electron chi connectivity index (χ2n) is 7.05. The molecule has 1 saturated heterocycles. The van der Waals surface area contributed by atoms with Gasteiger partial charge in [-0.1, -0.05) is 17.7 Å². The maximum atomic E-state index is 12.6. The van der Waals surface area contributed by atoms with E-state index in [0.717, 1.165) is 5.56 Å². The highest BCUT2D eigenvalue weighted by Crippen LogP contribution is 2.24. The number of sulfonamides is 1. The molecule has 0 atom stereocenters. The maximum absolute atomic E-state index is 12.6. The van der Waals surface area contributed by atoms with Gasteiger partial charge in [0.2, 0.25) is 21.8 Å². The minimum atomic E-state index is -3.61. The van der Waals surface area contributed by atoms with Crippen LogP contribution in [0.1, 0.15) is 18.4 Å². The van der Waals surface area contributed by atoms with E-state index >= 15 is 0 Å². The van der Waals surface area contributed by atoms with Crippen LogP contribution in [0.3, 0.4) is 0 Å². The van der Waals surface area contributed by atoms with Crippen LogP contribution in [0.25, 0.3) is 0 Å². The standard InChI is InChI=1S/C20H23ClN4O4S/c1-14-17(21)5-2-6-18(14)24-19(26)13-23-20(27)15-7-10-25(11-8-15)30(28,29)16-4-3-9-22-12-16/h2-6,9,12,15H,7-8,10-11,13H2,1H3,(H,23,27)(H,24,26). The Labute approximate surface area is 180 Å². The number of piperidine rings is 1. The third-order valence-corrected chi connectivity index (χ3v) is 7.35. The van der Waals surface area contributed by atoms with Crippen molar-refractivity contribution in [2.24, 2.45) is 5.92 Å². The van der Waals surface area contributed by atoms with Crippen molar-refractivity contribution in [2.45, 2.75) is 24.7 Å². The predicted molar refractivity (Wildman–Crippen MR) is 114 cm³/mol. The van der Waals surface area contributed by atoms with Gasteiger partial charge in [-0.15, -0.1) is 0 Å². The first kappa shape index (κ1) is 22.2. The van der Waals surface area contributed by atoms with Crippen LogP contribution in [0.4, 0.5) is 5.69 Å². The Morgan fingerprint density at radius 1 is 1.20 bits per heavy atom. The molecule has 1 aromatic carbocycles. The quantitative estimate of drug-likeness (QED) is 0.701. The summed E-state index contributed by atoms with van der Waals surface area (Å²) in [7, 11) is -3.61. The molecule has 160 valence electrons. The van der Waals surface area contributed by atoms with Crippen LogP contribution < -0.4 is 10.6 Å². The van der Waals surface area contributed by atoms with Gasteiger partial charge in [-0.3, -0.25) is 14.6 Å². The van der Waals surface area contributed by atoms with Gasteiger partial charge in [0.15, 0.2) is 0 Å². The highest BCUT2D eigenvalue weighted by atomic mass is 35.5. The molecular formula is C20H23ClN4O4S. The van der Waals surface area contributed by atoms with Crippen LogP contribution in [0.2, 0.25) is 5.02 Å². The van der Waals surface area contributed by atoms with Crippen molar-refractivity contribution in [1.82, 2.24) is 14.6 Å². The molecule has 0 bridgehead atoms. The summed E-state index contributed by atoms with van der Waals surface area (Å²) in [6.45, 7) is 2.11. The Bertz CT molecular complexity index is 1020. The van der Waals surface area contributed by atoms with Gasteiger partial charge < -0.3 is 10.6 Å². The largest absolute Gasteiger partial charge is 0.347 e. The smallest absolute Gasteiger partial charge is 0.244 e. The molecule has 8 nitrogen and oxygen atoms in total. The zero-order chi connectivity index (χ0) is 21.7. The number of benzene rings is 1. The van der Waals surface area contributed by atoms with E-state index in [2.05, 4.69) is 15.6 Å². The molecule has 0 unspecified atom stereocenters. The lowest BCUT2D eigenvalue weighted by atomic mass is 9.97. The van der Waals surface area contributed by atoms with E-state index < -0.39 is 10.0 Å². The number of carbonyl (C=O) groups excluding carboxylic acids is 2. The summed E-state index contributed by atoms with van der Waals surface area (Å²) in [5.74, 6) is -0.956. The third-order valence-electron chi connectivity index (χ3n) is 5.06. The molecule has 0 aliphatic carbocycles. The van der Waals surface area contributed by atoms with Crippen LogP contribution in [0.15, 0.2) is 47.6 Å². The molecule has 3 rings (SSSR count). The number of halogens is 1. The molecule has 10 heteroatoms. The average molecular weight is 451 g/mol. The number of amides is 2.